The van der Waals surface area contributed by atoms with Gasteiger partial charge in [0, 0.05) is 18.7 Å². The summed E-state index contributed by atoms with van der Waals surface area (Å²) < 4.78 is 16.4. The molecule has 0 saturated carbocycles. The smallest absolute Gasteiger partial charge is 0.258 e. The van der Waals surface area contributed by atoms with Crippen LogP contribution < -0.4 is 15.0 Å². The summed E-state index contributed by atoms with van der Waals surface area (Å²) in [7, 11) is 3.07. The highest BCUT2D eigenvalue weighted by Gasteiger charge is 2.25. The van der Waals surface area contributed by atoms with Crippen molar-refractivity contribution >= 4 is 16.8 Å². The van der Waals surface area contributed by atoms with Gasteiger partial charge in [-0.15, -0.1) is 0 Å². The fourth-order valence-corrected chi connectivity index (χ4v) is 3.80. The second kappa shape index (κ2) is 9.18. The zero-order valence-electron chi connectivity index (χ0n) is 17.6. The highest BCUT2D eigenvalue weighted by Crippen LogP contribution is 2.28. The first-order chi connectivity index (χ1) is 15.1. The first-order valence-corrected chi connectivity index (χ1v) is 10.2. The predicted molar refractivity (Wildman–Crippen MR) is 116 cm³/mol. The molecule has 1 aliphatic rings. The number of aromatic nitrogens is 2. The Balaban J connectivity index is 1.65. The lowest BCUT2D eigenvalue weighted by Gasteiger charge is -2.25. The van der Waals surface area contributed by atoms with Crippen LogP contribution in [0.25, 0.3) is 10.9 Å². The van der Waals surface area contributed by atoms with Crippen molar-refractivity contribution in [2.24, 2.45) is 0 Å². The molecular weight excluding hydrogens is 398 g/mol. The lowest BCUT2D eigenvalue weighted by molar-refractivity contribution is 0.0501. The van der Waals surface area contributed by atoms with E-state index >= 15 is 0 Å². The first-order valence-electron chi connectivity index (χ1n) is 10.2. The van der Waals surface area contributed by atoms with Crippen LogP contribution in [0.15, 0.2) is 47.3 Å². The Kier molecular flexibility index (Phi) is 6.18. The van der Waals surface area contributed by atoms with Gasteiger partial charge in [-0.3, -0.25) is 9.59 Å². The van der Waals surface area contributed by atoms with E-state index in [0.29, 0.717) is 46.9 Å². The zero-order chi connectivity index (χ0) is 21.8. The molecule has 8 nitrogen and oxygen atoms in total. The quantitative estimate of drug-likeness (QED) is 0.628. The third kappa shape index (κ3) is 4.54. The summed E-state index contributed by atoms with van der Waals surface area (Å²) in [5.74, 6) is 1.25. The maximum absolute atomic E-state index is 13.4. The fraction of sp³-hybridized carbons (Fsp3) is 0.348. The summed E-state index contributed by atoms with van der Waals surface area (Å²) in [6.07, 6.45) is 1.81. The van der Waals surface area contributed by atoms with Gasteiger partial charge in [0.1, 0.15) is 5.82 Å². The second-order valence-electron chi connectivity index (χ2n) is 7.42. The van der Waals surface area contributed by atoms with Crippen LogP contribution in [0.4, 0.5) is 0 Å². The van der Waals surface area contributed by atoms with Crippen LogP contribution in [0, 0.1) is 0 Å². The van der Waals surface area contributed by atoms with Crippen molar-refractivity contribution in [1.29, 1.82) is 0 Å². The van der Waals surface area contributed by atoms with Crippen molar-refractivity contribution in [3.63, 3.8) is 0 Å². The second-order valence-corrected chi connectivity index (χ2v) is 7.42. The summed E-state index contributed by atoms with van der Waals surface area (Å²) in [5.41, 5.74) is 0.826. The molecule has 0 radical (unpaired) electrons. The van der Waals surface area contributed by atoms with Crippen molar-refractivity contribution < 1.29 is 19.0 Å². The summed E-state index contributed by atoms with van der Waals surface area (Å²) in [6.45, 7) is 1.25. The van der Waals surface area contributed by atoms with Crippen LogP contribution in [0.1, 0.15) is 29.0 Å². The van der Waals surface area contributed by atoms with Gasteiger partial charge in [0.05, 0.1) is 37.8 Å². The van der Waals surface area contributed by atoms with Gasteiger partial charge in [-0.1, -0.05) is 12.1 Å². The highest BCUT2D eigenvalue weighted by atomic mass is 16.5. The molecule has 3 aromatic rings. The number of ether oxygens (including phenoxy) is 3. The number of nitrogens with zero attached hydrogens (tertiary/aromatic N) is 2. The molecule has 1 amide bonds. The van der Waals surface area contributed by atoms with Gasteiger partial charge >= 0.3 is 0 Å². The van der Waals surface area contributed by atoms with Crippen LogP contribution in [0.2, 0.25) is 0 Å². The Morgan fingerprint density at radius 1 is 1.19 bits per heavy atom. The van der Waals surface area contributed by atoms with Crippen molar-refractivity contribution in [3.05, 3.63) is 64.2 Å². The number of methoxy groups -OCH3 is 2. The number of rotatable bonds is 7. The van der Waals surface area contributed by atoms with E-state index in [-0.39, 0.29) is 24.1 Å². The zero-order valence-corrected chi connectivity index (χ0v) is 17.6. The molecule has 0 unspecified atom stereocenters. The van der Waals surface area contributed by atoms with Gasteiger partial charge in [0.15, 0.2) is 11.5 Å². The molecule has 2 heterocycles. The molecule has 0 bridgehead atoms. The van der Waals surface area contributed by atoms with E-state index in [9.17, 15) is 9.59 Å². The molecule has 4 rings (SSSR count). The number of nitrogens with one attached hydrogen (secondary N) is 1. The van der Waals surface area contributed by atoms with E-state index in [1.165, 1.54) is 7.11 Å². The van der Waals surface area contributed by atoms with Gasteiger partial charge in [-0.2, -0.15) is 0 Å². The molecule has 1 aliphatic heterocycles. The minimum absolute atomic E-state index is 0.0451. The Bertz CT molecular complexity index is 1140. The number of fused-ring (bicyclic) bond motifs is 1. The van der Waals surface area contributed by atoms with Crippen molar-refractivity contribution in [1.82, 2.24) is 14.9 Å². The van der Waals surface area contributed by atoms with Crippen LogP contribution in [0.5, 0.6) is 11.5 Å². The lowest BCUT2D eigenvalue weighted by Crippen LogP contribution is -2.37. The van der Waals surface area contributed by atoms with E-state index in [2.05, 4.69) is 9.97 Å². The standard InChI is InChI=1S/C23H25N3O5/c1-29-19-10-9-15(12-20(19)30-2)23(28)26(13-16-6-5-11-31-16)14-21-24-18-8-4-3-7-17(18)22(27)25-21/h3-4,7-10,12,16H,5-6,11,13-14H2,1-2H3,(H,24,25,27)/t16-/m0/s1. The largest absolute Gasteiger partial charge is 0.493 e. The van der Waals surface area contributed by atoms with Gasteiger partial charge in [-0.25, -0.2) is 4.98 Å². The van der Waals surface area contributed by atoms with E-state index in [1.807, 2.05) is 6.07 Å². The summed E-state index contributed by atoms with van der Waals surface area (Å²) in [5, 5.41) is 0.517. The Morgan fingerprint density at radius 2 is 2.00 bits per heavy atom. The highest BCUT2D eigenvalue weighted by molar-refractivity contribution is 5.95. The monoisotopic (exact) mass is 423 g/mol. The minimum atomic E-state index is -0.226. The molecular formula is C23H25N3O5. The van der Waals surface area contributed by atoms with Crippen molar-refractivity contribution in [3.8, 4) is 11.5 Å². The van der Waals surface area contributed by atoms with Gasteiger partial charge in [0.25, 0.3) is 11.5 Å². The van der Waals surface area contributed by atoms with E-state index in [0.717, 1.165) is 12.8 Å². The lowest BCUT2D eigenvalue weighted by atomic mass is 10.1. The number of benzene rings is 2. The van der Waals surface area contributed by atoms with E-state index in [1.54, 1.807) is 48.4 Å². The third-order valence-electron chi connectivity index (χ3n) is 5.37. The molecule has 1 N–H and O–H groups in total. The fourth-order valence-electron chi connectivity index (χ4n) is 3.80. The van der Waals surface area contributed by atoms with Crippen LogP contribution in [0.3, 0.4) is 0 Å². The van der Waals surface area contributed by atoms with Crippen molar-refractivity contribution in [2.75, 3.05) is 27.4 Å². The van der Waals surface area contributed by atoms with Gasteiger partial charge < -0.3 is 24.1 Å². The molecule has 0 aliphatic carbocycles. The van der Waals surface area contributed by atoms with Crippen LogP contribution in [-0.2, 0) is 11.3 Å². The number of hydrogen-bond acceptors (Lipinski definition) is 6. The molecule has 8 heteroatoms. The minimum Gasteiger partial charge on any atom is -0.493 e. The van der Waals surface area contributed by atoms with Crippen molar-refractivity contribution in [2.45, 2.75) is 25.5 Å². The molecule has 31 heavy (non-hydrogen) atoms. The third-order valence-corrected chi connectivity index (χ3v) is 5.37. The van der Waals surface area contributed by atoms with E-state index < -0.39 is 0 Å². The number of amides is 1. The number of aromatic amines is 1. The Labute approximate surface area is 179 Å². The number of H-pyrrole nitrogens is 1. The molecule has 162 valence electrons. The van der Waals surface area contributed by atoms with Crippen LogP contribution >= 0.6 is 0 Å². The topological polar surface area (TPSA) is 93.8 Å². The summed E-state index contributed by atoms with van der Waals surface area (Å²) in [4.78, 5) is 34.9. The average Bonchev–Trinajstić information content (AvgIpc) is 3.31. The number of hydrogen-bond donors (Lipinski definition) is 1. The SMILES string of the molecule is COc1ccc(C(=O)N(Cc2nc3ccccc3c(=O)[nH]2)C[C@@H]2CCCO2)cc1OC. The number of para-hydroxylation sites is 1. The summed E-state index contributed by atoms with van der Waals surface area (Å²) >= 11 is 0. The normalized spacial score (nSPS) is 15.7. The summed E-state index contributed by atoms with van der Waals surface area (Å²) in [6, 6.07) is 12.2. The van der Waals surface area contributed by atoms with E-state index in [4.69, 9.17) is 14.2 Å². The predicted octanol–water partition coefficient (Wildman–Crippen LogP) is 2.76. The molecule has 2 aromatic carbocycles. The van der Waals surface area contributed by atoms with Gasteiger partial charge in [0.2, 0.25) is 0 Å². The number of carbonyl (C=O) groups is 1. The Morgan fingerprint density at radius 3 is 2.74 bits per heavy atom. The first kappa shape index (κ1) is 20.9. The molecule has 1 saturated heterocycles. The number of carbonyl (C=O) groups excluding carboxylic acids is 1. The van der Waals surface area contributed by atoms with Gasteiger partial charge in [-0.05, 0) is 43.2 Å². The Hall–Kier alpha value is -3.39. The van der Waals surface area contributed by atoms with Crippen LogP contribution in [-0.4, -0.2) is 54.3 Å². The molecule has 1 atom stereocenters. The maximum Gasteiger partial charge on any atom is 0.258 e. The molecule has 1 aromatic heterocycles. The molecule has 0 spiro atoms. The molecule has 1 fully saturated rings. The maximum atomic E-state index is 13.4. The average molecular weight is 423 g/mol.